The minimum atomic E-state index is 0.0178. The van der Waals surface area contributed by atoms with Crippen molar-refractivity contribution in [3.05, 3.63) is 0 Å². The summed E-state index contributed by atoms with van der Waals surface area (Å²) in [6.45, 7) is 3.81. The Morgan fingerprint density at radius 1 is 1.36 bits per heavy atom. The number of nitrogens with zero attached hydrogens (tertiary/aromatic N) is 4. The van der Waals surface area contributed by atoms with E-state index < -0.39 is 0 Å². The molecule has 0 saturated carbocycles. The molecule has 0 aliphatic carbocycles. The fraction of sp³-hybridized carbons (Fsp3) is 0.375. The molecule has 0 saturated heterocycles. The molecular formula is C8H10N5O. The van der Waals surface area contributed by atoms with Gasteiger partial charge in [0.1, 0.15) is 6.34 Å². The van der Waals surface area contributed by atoms with Gasteiger partial charge in [-0.25, -0.2) is 10.3 Å². The van der Waals surface area contributed by atoms with Crippen LogP contribution in [0, 0.1) is 0 Å². The van der Waals surface area contributed by atoms with Gasteiger partial charge in [-0.3, -0.25) is 0 Å². The lowest BCUT2D eigenvalue weighted by Crippen LogP contribution is -2.09. The summed E-state index contributed by atoms with van der Waals surface area (Å²) in [4.78, 5) is 11.9. The van der Waals surface area contributed by atoms with E-state index in [2.05, 4.69) is 20.3 Å². The highest BCUT2D eigenvalue weighted by atomic mass is 16.5. The Morgan fingerprint density at radius 2 is 2.14 bits per heavy atom. The second-order valence-corrected chi connectivity index (χ2v) is 3.10. The average molecular weight is 192 g/mol. The maximum absolute atomic E-state index is 5.49. The lowest BCUT2D eigenvalue weighted by molar-refractivity contribution is 0.234. The SMILES string of the molecule is CC(C)Oc1nc(N)nc2c1N=C[N]2. The Hall–Kier alpha value is -1.85. The Labute approximate surface area is 81.2 Å². The number of fused-ring (bicyclic) bond motifs is 1. The van der Waals surface area contributed by atoms with Crippen LogP contribution in [0.25, 0.3) is 0 Å². The third kappa shape index (κ3) is 1.46. The number of nitrogens with two attached hydrogens (primary N) is 1. The normalized spacial score (nSPS) is 12.8. The van der Waals surface area contributed by atoms with Gasteiger partial charge in [-0.05, 0) is 13.8 Å². The Bertz CT molecular complexity index is 388. The third-order valence-electron chi connectivity index (χ3n) is 1.57. The molecule has 73 valence electrons. The van der Waals surface area contributed by atoms with Crippen LogP contribution < -0.4 is 15.8 Å². The first-order valence-electron chi connectivity index (χ1n) is 4.24. The molecular weight excluding hydrogens is 182 g/mol. The van der Waals surface area contributed by atoms with E-state index in [1.165, 1.54) is 6.34 Å². The molecule has 1 aromatic rings. The van der Waals surface area contributed by atoms with E-state index in [0.29, 0.717) is 17.4 Å². The van der Waals surface area contributed by atoms with Crippen LogP contribution in [-0.2, 0) is 0 Å². The summed E-state index contributed by atoms with van der Waals surface area (Å²) in [7, 11) is 0. The molecule has 2 rings (SSSR count). The number of aliphatic imine (C=N–C) groups is 1. The van der Waals surface area contributed by atoms with E-state index in [9.17, 15) is 0 Å². The van der Waals surface area contributed by atoms with Gasteiger partial charge in [0.2, 0.25) is 11.8 Å². The molecule has 6 nitrogen and oxygen atoms in total. The fourth-order valence-corrected chi connectivity index (χ4v) is 1.09. The van der Waals surface area contributed by atoms with Crippen molar-refractivity contribution in [3.8, 4) is 5.88 Å². The van der Waals surface area contributed by atoms with E-state index in [-0.39, 0.29) is 12.1 Å². The Kier molecular flexibility index (Phi) is 1.95. The fourth-order valence-electron chi connectivity index (χ4n) is 1.09. The number of ether oxygens (including phenoxy) is 1. The van der Waals surface area contributed by atoms with Crippen molar-refractivity contribution >= 4 is 23.8 Å². The Balaban J connectivity index is 2.42. The molecule has 0 spiro atoms. The van der Waals surface area contributed by atoms with Crippen molar-refractivity contribution in [3.63, 3.8) is 0 Å². The zero-order valence-electron chi connectivity index (χ0n) is 7.93. The summed E-state index contributed by atoms with van der Waals surface area (Å²) < 4.78 is 5.43. The predicted molar refractivity (Wildman–Crippen MR) is 52.2 cm³/mol. The number of aromatic nitrogens is 2. The highest BCUT2D eigenvalue weighted by Crippen LogP contribution is 2.35. The van der Waals surface area contributed by atoms with Gasteiger partial charge in [0.15, 0.2) is 11.5 Å². The average Bonchev–Trinajstić information content (AvgIpc) is 2.50. The van der Waals surface area contributed by atoms with E-state index in [1.54, 1.807) is 0 Å². The van der Waals surface area contributed by atoms with E-state index in [4.69, 9.17) is 10.5 Å². The summed E-state index contributed by atoms with van der Waals surface area (Å²) >= 11 is 0. The van der Waals surface area contributed by atoms with Crippen molar-refractivity contribution in [1.82, 2.24) is 15.3 Å². The number of hydrogen-bond acceptors (Lipinski definition) is 5. The van der Waals surface area contributed by atoms with Crippen LogP contribution in [0.3, 0.4) is 0 Å². The summed E-state index contributed by atoms with van der Waals surface area (Å²) in [5, 5.41) is 3.93. The molecule has 0 amide bonds. The summed E-state index contributed by atoms with van der Waals surface area (Å²) in [6.07, 6.45) is 1.43. The van der Waals surface area contributed by atoms with Gasteiger partial charge in [0.05, 0.1) is 6.10 Å². The molecule has 0 aromatic carbocycles. The summed E-state index contributed by atoms with van der Waals surface area (Å²) in [5.41, 5.74) is 6.04. The molecule has 1 aliphatic heterocycles. The molecule has 0 bridgehead atoms. The molecule has 1 radical (unpaired) electrons. The first-order chi connectivity index (χ1) is 6.66. The highest BCUT2D eigenvalue weighted by Gasteiger charge is 2.18. The van der Waals surface area contributed by atoms with Crippen LogP contribution in [0.1, 0.15) is 13.8 Å². The maximum atomic E-state index is 5.49. The van der Waals surface area contributed by atoms with Gasteiger partial charge in [0.25, 0.3) is 0 Å². The number of nitrogen functional groups attached to an aromatic ring is 1. The molecule has 1 aliphatic rings. The molecule has 14 heavy (non-hydrogen) atoms. The van der Waals surface area contributed by atoms with Crippen molar-refractivity contribution in [2.24, 2.45) is 4.99 Å². The molecule has 2 N–H and O–H groups in total. The van der Waals surface area contributed by atoms with Gasteiger partial charge < -0.3 is 10.5 Å². The molecule has 2 heterocycles. The second kappa shape index (κ2) is 3.13. The summed E-state index contributed by atoms with van der Waals surface area (Å²) in [6, 6.07) is 0. The van der Waals surface area contributed by atoms with E-state index in [0.717, 1.165) is 0 Å². The van der Waals surface area contributed by atoms with Gasteiger partial charge in [-0.2, -0.15) is 9.97 Å². The molecule has 6 heteroatoms. The smallest absolute Gasteiger partial charge is 0.247 e. The molecule has 0 atom stereocenters. The van der Waals surface area contributed by atoms with Crippen LogP contribution in [0.5, 0.6) is 5.88 Å². The third-order valence-corrected chi connectivity index (χ3v) is 1.57. The predicted octanol–water partition coefficient (Wildman–Crippen LogP) is 0.755. The van der Waals surface area contributed by atoms with Crippen molar-refractivity contribution in [2.75, 3.05) is 5.73 Å². The van der Waals surface area contributed by atoms with Crippen molar-refractivity contribution in [1.29, 1.82) is 0 Å². The maximum Gasteiger partial charge on any atom is 0.247 e. The zero-order chi connectivity index (χ0) is 10.1. The van der Waals surface area contributed by atoms with Gasteiger partial charge >= 0.3 is 0 Å². The largest absolute Gasteiger partial charge is 0.473 e. The quantitative estimate of drug-likeness (QED) is 0.749. The minimum Gasteiger partial charge on any atom is -0.473 e. The minimum absolute atomic E-state index is 0.0178. The molecule has 1 aromatic heterocycles. The van der Waals surface area contributed by atoms with Crippen LogP contribution >= 0.6 is 0 Å². The van der Waals surface area contributed by atoms with Crippen LogP contribution in [-0.4, -0.2) is 22.4 Å². The standard InChI is InChI=1S/C8H10N5O/c1-4(2)14-7-5-6(11-3-10-5)12-8(9)13-7/h3-4H,1-2H3,(H2,9,12,13). The van der Waals surface area contributed by atoms with Crippen LogP contribution in [0.4, 0.5) is 17.5 Å². The number of rotatable bonds is 2. The zero-order valence-corrected chi connectivity index (χ0v) is 7.93. The number of hydrogen-bond donors (Lipinski definition) is 1. The van der Waals surface area contributed by atoms with Gasteiger partial charge in [-0.1, -0.05) is 0 Å². The highest BCUT2D eigenvalue weighted by molar-refractivity contribution is 5.82. The van der Waals surface area contributed by atoms with E-state index in [1.807, 2.05) is 13.8 Å². The summed E-state index contributed by atoms with van der Waals surface area (Å²) in [5.74, 6) is 1.00. The molecule has 0 fully saturated rings. The van der Waals surface area contributed by atoms with Crippen LogP contribution in [0.2, 0.25) is 0 Å². The van der Waals surface area contributed by atoms with E-state index >= 15 is 0 Å². The Morgan fingerprint density at radius 3 is 2.86 bits per heavy atom. The molecule has 0 unspecified atom stereocenters. The lowest BCUT2D eigenvalue weighted by atomic mass is 10.4. The van der Waals surface area contributed by atoms with Crippen molar-refractivity contribution in [2.45, 2.75) is 20.0 Å². The first kappa shape index (κ1) is 8.74. The van der Waals surface area contributed by atoms with Gasteiger partial charge in [0, 0.05) is 0 Å². The number of anilines is 1. The second-order valence-electron chi connectivity index (χ2n) is 3.10. The first-order valence-corrected chi connectivity index (χ1v) is 4.24. The topological polar surface area (TPSA) is 87.5 Å². The van der Waals surface area contributed by atoms with Gasteiger partial charge in [-0.15, -0.1) is 0 Å². The van der Waals surface area contributed by atoms with Crippen LogP contribution in [0.15, 0.2) is 4.99 Å². The monoisotopic (exact) mass is 192 g/mol. The van der Waals surface area contributed by atoms with Crippen molar-refractivity contribution < 1.29 is 4.74 Å². The lowest BCUT2D eigenvalue weighted by Gasteiger charge is -2.10.